The minimum absolute atomic E-state index is 0.365. The van der Waals surface area contributed by atoms with Crippen LogP contribution in [0.5, 0.6) is 11.5 Å². The molecule has 6 heteroatoms. The molecule has 0 radical (unpaired) electrons. The molecule has 0 aliphatic carbocycles. The van der Waals surface area contributed by atoms with Crippen molar-refractivity contribution >= 4 is 23.2 Å². The molecule has 2 aromatic carbocycles. The number of hydrogen-bond acceptors (Lipinski definition) is 4. The van der Waals surface area contributed by atoms with Gasteiger partial charge in [-0.1, -0.05) is 23.7 Å². The summed E-state index contributed by atoms with van der Waals surface area (Å²) in [5, 5.41) is 4.48. The number of nitrogens with one attached hydrogen (secondary N) is 1. The van der Waals surface area contributed by atoms with E-state index >= 15 is 0 Å². The number of carbonyl (C=O) groups is 1. The highest BCUT2D eigenvalue weighted by Crippen LogP contribution is 2.27. The van der Waals surface area contributed by atoms with Gasteiger partial charge in [-0.2, -0.15) is 5.10 Å². The average molecular weight is 333 g/mol. The van der Waals surface area contributed by atoms with Crippen molar-refractivity contribution < 1.29 is 14.3 Å². The summed E-state index contributed by atoms with van der Waals surface area (Å²) < 4.78 is 10.4. The van der Waals surface area contributed by atoms with Crippen molar-refractivity contribution in [3.63, 3.8) is 0 Å². The second-order valence-electron chi connectivity index (χ2n) is 4.69. The second kappa shape index (κ2) is 7.65. The number of hydrogen-bond donors (Lipinski definition) is 1. The molecule has 2 aromatic rings. The number of nitrogens with zero attached hydrogens (tertiary/aromatic N) is 1. The molecule has 5 nitrogen and oxygen atoms in total. The van der Waals surface area contributed by atoms with Crippen LogP contribution < -0.4 is 14.9 Å². The molecule has 23 heavy (non-hydrogen) atoms. The van der Waals surface area contributed by atoms with Gasteiger partial charge in [0.05, 0.1) is 30.5 Å². The lowest BCUT2D eigenvalue weighted by Gasteiger charge is -2.09. The molecular formula is C17H17ClN2O3. The maximum absolute atomic E-state index is 12.1. The van der Waals surface area contributed by atoms with Crippen LogP contribution in [0.25, 0.3) is 0 Å². The predicted octanol–water partition coefficient (Wildman–Crippen LogP) is 3.51. The smallest absolute Gasteiger partial charge is 0.272 e. The summed E-state index contributed by atoms with van der Waals surface area (Å²) in [7, 11) is 3.13. The molecule has 2 rings (SSSR count). The Kier molecular flexibility index (Phi) is 5.60. The van der Waals surface area contributed by atoms with E-state index in [-0.39, 0.29) is 5.91 Å². The molecule has 120 valence electrons. The van der Waals surface area contributed by atoms with Crippen LogP contribution >= 0.6 is 11.6 Å². The fraction of sp³-hybridized carbons (Fsp3) is 0.176. The number of rotatable bonds is 5. The van der Waals surface area contributed by atoms with Gasteiger partial charge >= 0.3 is 0 Å². The quantitative estimate of drug-likeness (QED) is 0.673. The van der Waals surface area contributed by atoms with Gasteiger partial charge in [-0.05, 0) is 37.3 Å². The molecule has 1 N–H and O–H groups in total. The number of amides is 1. The molecule has 0 aliphatic rings. The van der Waals surface area contributed by atoms with E-state index in [9.17, 15) is 4.79 Å². The van der Waals surface area contributed by atoms with Crippen LogP contribution in [0, 0.1) is 0 Å². The second-order valence-corrected chi connectivity index (χ2v) is 5.09. The van der Waals surface area contributed by atoms with Crippen LogP contribution in [0.3, 0.4) is 0 Å². The van der Waals surface area contributed by atoms with Crippen LogP contribution in [0.4, 0.5) is 0 Å². The van der Waals surface area contributed by atoms with Crippen molar-refractivity contribution in [2.24, 2.45) is 5.10 Å². The van der Waals surface area contributed by atoms with Gasteiger partial charge in [-0.15, -0.1) is 0 Å². The topological polar surface area (TPSA) is 59.9 Å². The maximum Gasteiger partial charge on any atom is 0.272 e. The highest BCUT2D eigenvalue weighted by atomic mass is 35.5. The molecule has 0 saturated heterocycles. The van der Waals surface area contributed by atoms with Crippen molar-refractivity contribution in [3.05, 3.63) is 58.6 Å². The number of methoxy groups -OCH3 is 2. The minimum atomic E-state index is -0.365. The van der Waals surface area contributed by atoms with Gasteiger partial charge in [0.2, 0.25) is 0 Å². The van der Waals surface area contributed by atoms with Gasteiger partial charge in [0, 0.05) is 5.56 Å². The van der Waals surface area contributed by atoms with Crippen molar-refractivity contribution in [1.29, 1.82) is 0 Å². The molecule has 0 saturated carbocycles. The van der Waals surface area contributed by atoms with E-state index < -0.39 is 0 Å². The number of halogens is 1. The standard InChI is InChI=1S/C17H17ClN2O3/c1-11(12-8-9-15(22-2)16(10-12)23-3)19-20-17(21)13-6-4-5-7-14(13)18/h4-10H,1-3H3,(H,20,21). The molecule has 0 atom stereocenters. The number of ether oxygens (including phenoxy) is 2. The Morgan fingerprint density at radius 1 is 1.09 bits per heavy atom. The Balaban J connectivity index is 2.17. The Morgan fingerprint density at radius 2 is 1.78 bits per heavy atom. The lowest BCUT2D eigenvalue weighted by molar-refractivity contribution is 0.0955. The summed E-state index contributed by atoms with van der Waals surface area (Å²) in [6.45, 7) is 1.79. The van der Waals surface area contributed by atoms with Gasteiger partial charge in [0.1, 0.15) is 0 Å². The van der Waals surface area contributed by atoms with E-state index in [1.807, 2.05) is 6.07 Å². The van der Waals surface area contributed by atoms with Crippen molar-refractivity contribution in [3.8, 4) is 11.5 Å². The number of benzene rings is 2. The first-order valence-corrected chi connectivity index (χ1v) is 7.26. The fourth-order valence-corrected chi connectivity index (χ4v) is 2.19. The predicted molar refractivity (Wildman–Crippen MR) is 90.7 cm³/mol. The molecule has 0 spiro atoms. The zero-order valence-electron chi connectivity index (χ0n) is 13.1. The summed E-state index contributed by atoms with van der Waals surface area (Å²) in [6.07, 6.45) is 0. The zero-order valence-corrected chi connectivity index (χ0v) is 13.8. The third-order valence-electron chi connectivity index (χ3n) is 3.24. The van der Waals surface area contributed by atoms with Gasteiger partial charge in [0.15, 0.2) is 11.5 Å². The lowest BCUT2D eigenvalue weighted by Crippen LogP contribution is -2.19. The van der Waals surface area contributed by atoms with E-state index in [0.717, 1.165) is 5.56 Å². The van der Waals surface area contributed by atoms with Crippen LogP contribution in [0.15, 0.2) is 47.6 Å². The van der Waals surface area contributed by atoms with Crippen molar-refractivity contribution in [2.75, 3.05) is 14.2 Å². The summed E-state index contributed by atoms with van der Waals surface area (Å²) in [6, 6.07) is 12.2. The van der Waals surface area contributed by atoms with E-state index in [0.29, 0.717) is 27.8 Å². The number of carbonyl (C=O) groups excluding carboxylic acids is 1. The molecule has 0 heterocycles. The highest BCUT2D eigenvalue weighted by molar-refractivity contribution is 6.33. The monoisotopic (exact) mass is 332 g/mol. The van der Waals surface area contributed by atoms with Crippen LogP contribution in [-0.2, 0) is 0 Å². The molecular weight excluding hydrogens is 316 g/mol. The molecule has 0 fully saturated rings. The lowest BCUT2D eigenvalue weighted by atomic mass is 10.1. The highest BCUT2D eigenvalue weighted by Gasteiger charge is 2.10. The third kappa shape index (κ3) is 4.02. The molecule has 1 amide bonds. The largest absolute Gasteiger partial charge is 0.493 e. The Bertz CT molecular complexity index is 744. The average Bonchev–Trinajstić information content (AvgIpc) is 2.59. The van der Waals surface area contributed by atoms with Crippen LogP contribution in [-0.4, -0.2) is 25.8 Å². The first kappa shape index (κ1) is 16.8. The molecule has 0 aliphatic heterocycles. The molecule has 0 bridgehead atoms. The first-order chi connectivity index (χ1) is 11.1. The summed E-state index contributed by atoms with van der Waals surface area (Å²) in [5.74, 6) is 0.858. The number of hydrazone groups is 1. The van der Waals surface area contributed by atoms with E-state index in [1.165, 1.54) is 0 Å². The maximum atomic E-state index is 12.1. The Labute approximate surface area is 139 Å². The first-order valence-electron chi connectivity index (χ1n) is 6.88. The normalized spacial score (nSPS) is 11.0. The van der Waals surface area contributed by atoms with Gasteiger partial charge in [0.25, 0.3) is 5.91 Å². The van der Waals surface area contributed by atoms with Crippen LogP contribution in [0.2, 0.25) is 5.02 Å². The summed E-state index contributed by atoms with van der Waals surface area (Å²) in [5.41, 5.74) is 4.31. The minimum Gasteiger partial charge on any atom is -0.493 e. The zero-order chi connectivity index (χ0) is 16.8. The third-order valence-corrected chi connectivity index (χ3v) is 3.57. The van der Waals surface area contributed by atoms with Crippen LogP contribution in [0.1, 0.15) is 22.8 Å². The van der Waals surface area contributed by atoms with Gasteiger partial charge in [-0.3, -0.25) is 4.79 Å². The molecule has 0 unspecified atom stereocenters. The van der Waals surface area contributed by atoms with Gasteiger partial charge in [-0.25, -0.2) is 5.43 Å². The van der Waals surface area contributed by atoms with Gasteiger partial charge < -0.3 is 9.47 Å². The van der Waals surface area contributed by atoms with E-state index in [2.05, 4.69) is 10.5 Å². The SMILES string of the molecule is COc1ccc(C(C)=NNC(=O)c2ccccc2Cl)cc1OC. The fourth-order valence-electron chi connectivity index (χ4n) is 1.97. The molecule has 0 aromatic heterocycles. The van der Waals surface area contributed by atoms with E-state index in [4.69, 9.17) is 21.1 Å². The van der Waals surface area contributed by atoms with Crippen molar-refractivity contribution in [2.45, 2.75) is 6.92 Å². The Morgan fingerprint density at radius 3 is 2.43 bits per heavy atom. The van der Waals surface area contributed by atoms with E-state index in [1.54, 1.807) is 57.5 Å². The summed E-state index contributed by atoms with van der Waals surface area (Å²) >= 11 is 5.98. The summed E-state index contributed by atoms with van der Waals surface area (Å²) in [4.78, 5) is 12.1. The Hall–Kier alpha value is -2.53. The van der Waals surface area contributed by atoms with Crippen molar-refractivity contribution in [1.82, 2.24) is 5.43 Å².